The first-order valence-electron chi connectivity index (χ1n) is 14.7. The Bertz CT molecular complexity index is 896. The van der Waals surface area contributed by atoms with Crippen LogP contribution in [0.25, 0.3) is 0 Å². The number of hydrogen-bond acceptors (Lipinski definition) is 11. The number of rotatable bonds is 5. The first-order valence-corrected chi connectivity index (χ1v) is 14.7. The van der Waals surface area contributed by atoms with Gasteiger partial charge in [0.05, 0.1) is 41.5 Å². The summed E-state index contributed by atoms with van der Waals surface area (Å²) in [4.78, 5) is 27.0. The Labute approximate surface area is 244 Å². The van der Waals surface area contributed by atoms with E-state index in [4.69, 9.17) is 23.7 Å². The van der Waals surface area contributed by atoms with E-state index in [1.165, 1.54) is 28.1 Å². The molecular formula is C30H54O11. The van der Waals surface area contributed by atoms with Crippen LogP contribution in [0.5, 0.6) is 0 Å². The molecule has 0 aliphatic carbocycles. The Morgan fingerprint density at radius 3 is 1.90 bits per heavy atom. The molecule has 0 saturated carbocycles. The zero-order valence-electron chi connectivity index (χ0n) is 26.6. The molecule has 0 radical (unpaired) electrons. The van der Waals surface area contributed by atoms with E-state index in [2.05, 4.69) is 0 Å². The van der Waals surface area contributed by atoms with Crippen molar-refractivity contribution in [3.63, 3.8) is 0 Å². The number of ether oxygens (including phenoxy) is 5. The average Bonchev–Trinajstić information content (AvgIpc) is 2.93. The third-order valence-corrected chi connectivity index (χ3v) is 9.76. The molecule has 0 bridgehead atoms. The average molecular weight is 591 g/mol. The van der Waals surface area contributed by atoms with Crippen LogP contribution < -0.4 is 0 Å². The van der Waals surface area contributed by atoms with Gasteiger partial charge in [0.25, 0.3) is 0 Å². The smallest absolute Gasteiger partial charge is 0.311 e. The van der Waals surface area contributed by atoms with Gasteiger partial charge in [-0.2, -0.15) is 0 Å². The summed E-state index contributed by atoms with van der Waals surface area (Å²) >= 11 is 0. The van der Waals surface area contributed by atoms with Crippen molar-refractivity contribution in [2.24, 2.45) is 23.7 Å². The quantitative estimate of drug-likeness (QED) is 0.347. The zero-order valence-corrected chi connectivity index (χ0v) is 26.6. The molecule has 2 saturated heterocycles. The zero-order chi connectivity index (χ0) is 31.7. The fourth-order valence-corrected chi connectivity index (χ4v) is 6.53. The second-order valence-electron chi connectivity index (χ2n) is 12.9. The number of carbonyl (C=O) groups is 2. The molecule has 2 aliphatic rings. The molecule has 11 nitrogen and oxygen atoms in total. The van der Waals surface area contributed by atoms with Crippen molar-refractivity contribution in [1.29, 1.82) is 0 Å². The number of ketones is 1. The number of aliphatic hydroxyl groups is 4. The van der Waals surface area contributed by atoms with E-state index in [0.717, 1.165) is 0 Å². The van der Waals surface area contributed by atoms with E-state index in [-0.39, 0.29) is 25.0 Å². The fourth-order valence-electron chi connectivity index (χ4n) is 6.53. The van der Waals surface area contributed by atoms with Gasteiger partial charge in [-0.1, -0.05) is 27.7 Å². The second-order valence-corrected chi connectivity index (χ2v) is 12.9. The van der Waals surface area contributed by atoms with Crippen LogP contribution in [0.2, 0.25) is 0 Å². The molecule has 4 N–H and O–H groups in total. The molecule has 2 rings (SSSR count). The molecule has 2 heterocycles. The summed E-state index contributed by atoms with van der Waals surface area (Å²) in [7, 11) is 2.93. The summed E-state index contributed by atoms with van der Waals surface area (Å²) in [5.41, 5.74) is -4.14. The highest BCUT2D eigenvalue weighted by atomic mass is 16.7. The predicted octanol–water partition coefficient (Wildman–Crippen LogP) is 1.99. The van der Waals surface area contributed by atoms with Gasteiger partial charge < -0.3 is 44.1 Å². The van der Waals surface area contributed by atoms with Gasteiger partial charge in [-0.3, -0.25) is 9.59 Å². The van der Waals surface area contributed by atoms with Crippen LogP contribution in [0.15, 0.2) is 0 Å². The van der Waals surface area contributed by atoms with E-state index < -0.39 is 89.4 Å². The van der Waals surface area contributed by atoms with Gasteiger partial charge in [0, 0.05) is 38.4 Å². The number of esters is 1. The maximum Gasteiger partial charge on any atom is 0.311 e. The molecule has 11 heteroatoms. The number of methoxy groups -OCH3 is 2. The summed E-state index contributed by atoms with van der Waals surface area (Å²) in [5, 5.41) is 44.8. The molecule has 0 aromatic carbocycles. The molecule has 0 amide bonds. The molecular weight excluding hydrogens is 536 g/mol. The van der Waals surface area contributed by atoms with Crippen molar-refractivity contribution >= 4 is 11.8 Å². The molecule has 2 fully saturated rings. The normalized spacial score (nSPS) is 49.3. The molecule has 0 spiro atoms. The van der Waals surface area contributed by atoms with Gasteiger partial charge in [-0.05, 0) is 47.5 Å². The van der Waals surface area contributed by atoms with Crippen molar-refractivity contribution in [1.82, 2.24) is 0 Å². The van der Waals surface area contributed by atoms with Gasteiger partial charge in [0.1, 0.15) is 23.6 Å². The minimum atomic E-state index is -1.92. The summed E-state index contributed by atoms with van der Waals surface area (Å²) in [6, 6.07) is 0. The topological polar surface area (TPSA) is 161 Å². The molecule has 2 aliphatic heterocycles. The molecule has 240 valence electrons. The summed E-state index contributed by atoms with van der Waals surface area (Å²) in [6.07, 6.45) is -6.82. The summed E-state index contributed by atoms with van der Waals surface area (Å²) in [6.45, 7) is 14.8. The van der Waals surface area contributed by atoms with Crippen LogP contribution in [-0.4, -0.2) is 106 Å². The first kappa shape index (κ1) is 36.0. The van der Waals surface area contributed by atoms with Crippen LogP contribution in [0.3, 0.4) is 0 Å². The van der Waals surface area contributed by atoms with Crippen LogP contribution in [0, 0.1) is 23.7 Å². The Morgan fingerprint density at radius 2 is 1.39 bits per heavy atom. The molecule has 1 unspecified atom stereocenters. The third kappa shape index (κ3) is 7.32. The van der Waals surface area contributed by atoms with Crippen molar-refractivity contribution in [2.75, 3.05) is 14.2 Å². The number of carbonyl (C=O) groups excluding carboxylic acids is 2. The second kappa shape index (κ2) is 13.6. The van der Waals surface area contributed by atoms with E-state index in [1.807, 2.05) is 0 Å². The van der Waals surface area contributed by atoms with Gasteiger partial charge in [-0.25, -0.2) is 0 Å². The van der Waals surface area contributed by atoms with Crippen LogP contribution in [0.4, 0.5) is 0 Å². The molecule has 14 atom stereocenters. The van der Waals surface area contributed by atoms with E-state index in [1.54, 1.807) is 48.5 Å². The lowest BCUT2D eigenvalue weighted by Crippen LogP contribution is -2.59. The van der Waals surface area contributed by atoms with Crippen molar-refractivity contribution in [3.8, 4) is 0 Å². The summed E-state index contributed by atoms with van der Waals surface area (Å²) < 4.78 is 29.5. The number of cyclic esters (lactones) is 1. The minimum Gasteiger partial charge on any atom is -0.459 e. The Kier molecular flexibility index (Phi) is 12.0. The van der Waals surface area contributed by atoms with Gasteiger partial charge in [-0.15, -0.1) is 0 Å². The maximum absolute atomic E-state index is 13.6. The number of aliphatic hydroxyl groups excluding tert-OH is 3. The Hall–Kier alpha value is -1.18. The Morgan fingerprint density at radius 1 is 0.854 bits per heavy atom. The standard InChI is InChI=1S/C30H54O11/c1-12-20-30(9,36)25(33)16(3)22(31)15(2)13-28(7,37-10)24(32)17(4)23(18(5)27(35)40-20)41-21-14-29(8,38-11)26(34)19(6)39-21/h15-21,23-26,32-34,36H,12-14H2,1-11H3/t15-,16+,17+,18-,19+,20-,21+,23+,24?,25-,26+,28-,29-,30-/m1/s1. The molecule has 0 aromatic rings. The monoisotopic (exact) mass is 590 g/mol. The van der Waals surface area contributed by atoms with E-state index in [0.29, 0.717) is 0 Å². The van der Waals surface area contributed by atoms with Crippen molar-refractivity contribution < 1.29 is 53.7 Å². The van der Waals surface area contributed by atoms with Crippen LogP contribution in [-0.2, 0) is 33.3 Å². The summed E-state index contributed by atoms with van der Waals surface area (Å²) in [5.74, 6) is -4.33. The van der Waals surface area contributed by atoms with Gasteiger partial charge >= 0.3 is 5.97 Å². The molecule has 41 heavy (non-hydrogen) atoms. The first-order chi connectivity index (χ1) is 18.8. The highest BCUT2D eigenvalue weighted by molar-refractivity contribution is 5.83. The Balaban J connectivity index is 2.59. The lowest BCUT2D eigenvalue weighted by Gasteiger charge is -2.47. The van der Waals surface area contributed by atoms with E-state index in [9.17, 15) is 30.0 Å². The molecule has 0 aromatic heterocycles. The fraction of sp³-hybridized carbons (Fsp3) is 0.933. The van der Waals surface area contributed by atoms with Crippen LogP contribution >= 0.6 is 0 Å². The lowest BCUT2D eigenvalue weighted by atomic mass is 9.74. The van der Waals surface area contributed by atoms with Gasteiger partial charge in [0.2, 0.25) is 0 Å². The maximum atomic E-state index is 13.6. The SMILES string of the molecule is CC[C@H]1OC(=O)[C@H](C)[C@@H](O[C@H]2C[C@@](C)(OC)[C@@H](O)[C@H](C)O2)[C@H](C)C(O)[C@](C)(OC)C[C@@H](C)C(=O)[C@H](C)[C@@H](O)[C@]1(C)O. The van der Waals surface area contributed by atoms with Crippen molar-refractivity contribution in [3.05, 3.63) is 0 Å². The van der Waals surface area contributed by atoms with E-state index >= 15 is 0 Å². The van der Waals surface area contributed by atoms with Crippen molar-refractivity contribution in [2.45, 2.75) is 141 Å². The highest BCUT2D eigenvalue weighted by Gasteiger charge is 2.51. The van der Waals surface area contributed by atoms with Crippen LogP contribution in [0.1, 0.15) is 81.6 Å². The number of Topliss-reactive ketones (excluding diaryl/α,β-unsaturated/α-hetero) is 1. The minimum absolute atomic E-state index is 0.112. The largest absolute Gasteiger partial charge is 0.459 e. The lowest BCUT2D eigenvalue weighted by molar-refractivity contribution is -0.300. The highest BCUT2D eigenvalue weighted by Crippen LogP contribution is 2.39. The van der Waals surface area contributed by atoms with Gasteiger partial charge in [0.15, 0.2) is 6.29 Å². The predicted molar refractivity (Wildman–Crippen MR) is 150 cm³/mol. The number of hydrogen-bond donors (Lipinski definition) is 4. The third-order valence-electron chi connectivity index (χ3n) is 9.76.